The van der Waals surface area contributed by atoms with Crippen LogP contribution in [0.3, 0.4) is 0 Å². The van der Waals surface area contributed by atoms with Crippen LogP contribution in [0, 0.1) is 13.8 Å². The molecule has 0 radical (unpaired) electrons. The van der Waals surface area contributed by atoms with Crippen molar-refractivity contribution in [3.63, 3.8) is 0 Å². The van der Waals surface area contributed by atoms with Crippen molar-refractivity contribution in [1.82, 2.24) is 9.21 Å². The maximum absolute atomic E-state index is 12.8. The third-order valence-corrected chi connectivity index (χ3v) is 8.35. The highest BCUT2D eigenvalue weighted by molar-refractivity contribution is 7.91. The van der Waals surface area contributed by atoms with E-state index in [9.17, 15) is 21.6 Å². The van der Waals surface area contributed by atoms with E-state index >= 15 is 0 Å². The van der Waals surface area contributed by atoms with E-state index in [1.54, 1.807) is 18.2 Å². The summed E-state index contributed by atoms with van der Waals surface area (Å²) in [5.74, 6) is -0.947. The molecular weight excluding hydrogens is 390 g/mol. The van der Waals surface area contributed by atoms with Gasteiger partial charge >= 0.3 is 0 Å². The zero-order chi connectivity index (χ0) is 20.2. The molecule has 8 nitrogen and oxygen atoms in total. The van der Waals surface area contributed by atoms with Crippen LogP contribution in [0.25, 0.3) is 0 Å². The number of aryl methyl sites for hydroxylation is 2. The van der Waals surface area contributed by atoms with Crippen LogP contribution in [-0.4, -0.2) is 76.2 Å². The lowest BCUT2D eigenvalue weighted by molar-refractivity contribution is -0.117. The number of primary amides is 1. The maximum Gasteiger partial charge on any atom is 0.243 e. The minimum atomic E-state index is -3.55. The number of hydrogen-bond acceptors (Lipinski definition) is 6. The van der Waals surface area contributed by atoms with Gasteiger partial charge in [-0.2, -0.15) is 4.31 Å². The van der Waals surface area contributed by atoms with E-state index in [1.165, 1.54) is 4.31 Å². The molecule has 0 aliphatic carbocycles. The fourth-order valence-electron chi connectivity index (χ4n) is 2.84. The first-order valence-corrected chi connectivity index (χ1v) is 12.1. The normalized spacial score (nSPS) is 17.1. The van der Waals surface area contributed by atoms with Crippen LogP contribution in [-0.2, 0) is 24.7 Å². The Balaban J connectivity index is 1.91. The molecule has 2 rings (SSSR count). The van der Waals surface area contributed by atoms with Gasteiger partial charge in [0.15, 0.2) is 9.84 Å². The van der Waals surface area contributed by atoms with Gasteiger partial charge in [0.1, 0.15) is 0 Å². The zero-order valence-corrected chi connectivity index (χ0v) is 17.4. The van der Waals surface area contributed by atoms with Gasteiger partial charge in [-0.25, -0.2) is 16.8 Å². The third-order valence-electron chi connectivity index (χ3n) is 4.83. The van der Waals surface area contributed by atoms with Gasteiger partial charge in [0, 0.05) is 39.1 Å². The monoisotopic (exact) mass is 417 g/mol. The lowest BCUT2D eigenvalue weighted by Gasteiger charge is -2.34. The van der Waals surface area contributed by atoms with Crippen molar-refractivity contribution < 1.29 is 21.6 Å². The second-order valence-corrected chi connectivity index (χ2v) is 11.1. The van der Waals surface area contributed by atoms with Gasteiger partial charge < -0.3 is 5.73 Å². The van der Waals surface area contributed by atoms with Crippen LogP contribution < -0.4 is 5.73 Å². The molecule has 0 spiro atoms. The van der Waals surface area contributed by atoms with Crippen LogP contribution >= 0.6 is 0 Å². The molecule has 1 saturated heterocycles. The van der Waals surface area contributed by atoms with E-state index in [-0.39, 0.29) is 22.8 Å². The Labute approximate surface area is 161 Å². The molecule has 0 saturated carbocycles. The number of sulfonamides is 1. The molecule has 1 heterocycles. The van der Waals surface area contributed by atoms with Crippen molar-refractivity contribution in [1.29, 1.82) is 0 Å². The van der Waals surface area contributed by atoms with Gasteiger partial charge in [0.25, 0.3) is 0 Å². The zero-order valence-electron chi connectivity index (χ0n) is 15.7. The first kappa shape index (κ1) is 21.8. The Morgan fingerprint density at radius 2 is 1.63 bits per heavy atom. The second kappa shape index (κ2) is 8.68. The minimum absolute atomic E-state index is 0.0653. The van der Waals surface area contributed by atoms with Gasteiger partial charge in [-0.1, -0.05) is 6.07 Å². The highest BCUT2D eigenvalue weighted by Gasteiger charge is 2.29. The number of piperazine rings is 1. The second-order valence-electron chi connectivity index (χ2n) is 6.86. The van der Waals surface area contributed by atoms with Crippen molar-refractivity contribution in [2.24, 2.45) is 5.73 Å². The van der Waals surface area contributed by atoms with E-state index in [0.717, 1.165) is 11.1 Å². The molecule has 1 amide bonds. The molecule has 27 heavy (non-hydrogen) atoms. The summed E-state index contributed by atoms with van der Waals surface area (Å²) in [5.41, 5.74) is 6.95. The van der Waals surface area contributed by atoms with Crippen molar-refractivity contribution >= 4 is 25.8 Å². The van der Waals surface area contributed by atoms with Crippen LogP contribution in [0.5, 0.6) is 0 Å². The van der Waals surface area contributed by atoms with Gasteiger partial charge in [0.2, 0.25) is 15.9 Å². The summed E-state index contributed by atoms with van der Waals surface area (Å²) in [7, 11) is -6.89. The number of carbonyl (C=O) groups is 1. The third kappa shape index (κ3) is 6.00. The summed E-state index contributed by atoms with van der Waals surface area (Å²) in [6.45, 7) is 5.70. The Hall–Kier alpha value is -1.49. The predicted octanol–water partition coefficient (Wildman–Crippen LogP) is -0.100. The largest absolute Gasteiger partial charge is 0.370 e. The quantitative estimate of drug-likeness (QED) is 0.631. The topological polar surface area (TPSA) is 118 Å². The summed E-state index contributed by atoms with van der Waals surface area (Å²) in [4.78, 5) is 12.9. The number of carbonyl (C=O) groups excluding carboxylic acids is 1. The molecule has 1 aromatic rings. The summed E-state index contributed by atoms with van der Waals surface area (Å²) in [5, 5.41) is 0. The standard InChI is InChI=1S/C17H27N3O5S2/c1-14-3-4-16(13-15(14)2)27(24,25)20-8-6-19(7-9-20)10-12-26(22,23)11-5-17(18)21/h3-4,13H,5-12H2,1-2H3,(H2,18,21). The summed E-state index contributed by atoms with van der Waals surface area (Å²) >= 11 is 0. The number of benzene rings is 1. The fourth-order valence-corrected chi connectivity index (χ4v) is 5.60. The molecule has 1 fully saturated rings. The van der Waals surface area contributed by atoms with E-state index in [2.05, 4.69) is 0 Å². The first-order valence-electron chi connectivity index (χ1n) is 8.80. The molecule has 2 N–H and O–H groups in total. The Morgan fingerprint density at radius 1 is 1.00 bits per heavy atom. The predicted molar refractivity (Wildman–Crippen MR) is 104 cm³/mol. The average Bonchev–Trinajstić information content (AvgIpc) is 2.61. The SMILES string of the molecule is Cc1ccc(S(=O)(=O)N2CCN(CCS(=O)(=O)CCC(N)=O)CC2)cc1C. The van der Waals surface area contributed by atoms with Gasteiger partial charge in [-0.05, 0) is 37.1 Å². The van der Waals surface area contributed by atoms with Crippen LogP contribution in [0.1, 0.15) is 17.5 Å². The average molecular weight is 418 g/mol. The number of amides is 1. The van der Waals surface area contributed by atoms with Crippen molar-refractivity contribution in [3.05, 3.63) is 29.3 Å². The summed E-state index contributed by atoms with van der Waals surface area (Å²) in [6, 6.07) is 5.10. The number of hydrogen-bond donors (Lipinski definition) is 1. The Kier molecular flexibility index (Phi) is 7.01. The molecule has 0 atom stereocenters. The molecule has 0 unspecified atom stereocenters. The molecular formula is C17H27N3O5S2. The highest BCUT2D eigenvalue weighted by Crippen LogP contribution is 2.20. The lowest BCUT2D eigenvalue weighted by Crippen LogP contribution is -2.49. The fraction of sp³-hybridized carbons (Fsp3) is 0.588. The smallest absolute Gasteiger partial charge is 0.243 e. The lowest BCUT2D eigenvalue weighted by atomic mass is 10.1. The molecule has 0 aromatic heterocycles. The molecule has 10 heteroatoms. The Bertz CT molecular complexity index is 889. The van der Waals surface area contributed by atoms with E-state index in [1.807, 2.05) is 18.7 Å². The van der Waals surface area contributed by atoms with E-state index in [0.29, 0.717) is 32.7 Å². The minimum Gasteiger partial charge on any atom is -0.370 e. The maximum atomic E-state index is 12.8. The molecule has 152 valence electrons. The van der Waals surface area contributed by atoms with Crippen molar-refractivity contribution in [3.8, 4) is 0 Å². The van der Waals surface area contributed by atoms with Crippen molar-refractivity contribution in [2.45, 2.75) is 25.2 Å². The van der Waals surface area contributed by atoms with Crippen LogP contribution in [0.4, 0.5) is 0 Å². The molecule has 1 aliphatic heterocycles. The molecule has 0 bridgehead atoms. The number of nitrogens with two attached hydrogens (primary N) is 1. The summed E-state index contributed by atoms with van der Waals surface area (Å²) < 4.78 is 50.8. The number of sulfone groups is 1. The van der Waals surface area contributed by atoms with E-state index < -0.39 is 25.8 Å². The molecule has 1 aliphatic rings. The summed E-state index contributed by atoms with van der Waals surface area (Å²) in [6.07, 6.45) is -0.176. The Morgan fingerprint density at radius 3 is 2.19 bits per heavy atom. The van der Waals surface area contributed by atoms with Crippen LogP contribution in [0.15, 0.2) is 23.1 Å². The van der Waals surface area contributed by atoms with Gasteiger partial charge in [0.05, 0.1) is 16.4 Å². The number of rotatable bonds is 8. The number of nitrogens with zero attached hydrogens (tertiary/aromatic N) is 2. The highest BCUT2D eigenvalue weighted by atomic mass is 32.2. The van der Waals surface area contributed by atoms with Crippen LogP contribution in [0.2, 0.25) is 0 Å². The van der Waals surface area contributed by atoms with Gasteiger partial charge in [-0.15, -0.1) is 0 Å². The van der Waals surface area contributed by atoms with Gasteiger partial charge in [-0.3, -0.25) is 9.69 Å². The van der Waals surface area contributed by atoms with E-state index in [4.69, 9.17) is 5.73 Å². The van der Waals surface area contributed by atoms with Crippen molar-refractivity contribution in [2.75, 3.05) is 44.2 Å². The molecule has 1 aromatic carbocycles. The first-order chi connectivity index (χ1) is 12.5.